The molecule has 1 N–H and O–H groups in total. The van der Waals surface area contributed by atoms with Crippen LogP contribution in [-0.2, 0) is 0 Å². The van der Waals surface area contributed by atoms with Gasteiger partial charge in [0.1, 0.15) is 0 Å². The maximum atomic E-state index is 4.07. The minimum Gasteiger partial charge on any atom is -0.382 e. The monoisotopic (exact) mass is 176 g/mol. The van der Waals surface area contributed by atoms with Crippen LogP contribution in [0.3, 0.4) is 0 Å². The summed E-state index contributed by atoms with van der Waals surface area (Å²) >= 11 is 0. The molecule has 2 nitrogen and oxygen atoms in total. The van der Waals surface area contributed by atoms with Crippen LogP contribution in [0.2, 0.25) is 0 Å². The van der Waals surface area contributed by atoms with Crippen LogP contribution in [0.15, 0.2) is 18.5 Å². The number of nitrogens with one attached hydrogen (secondary N) is 1. The summed E-state index contributed by atoms with van der Waals surface area (Å²) in [5, 5.41) is 3.55. The number of anilines is 1. The van der Waals surface area contributed by atoms with Crippen molar-refractivity contribution in [1.82, 2.24) is 4.98 Å². The number of aryl methyl sites for hydroxylation is 1. The molecular weight excluding hydrogens is 160 g/mol. The number of hydrogen-bond acceptors (Lipinski definition) is 2. The Hall–Kier alpha value is -1.05. The highest BCUT2D eigenvalue weighted by molar-refractivity contribution is 5.50. The van der Waals surface area contributed by atoms with Gasteiger partial charge in [-0.15, -0.1) is 0 Å². The second-order valence-corrected chi connectivity index (χ2v) is 3.85. The van der Waals surface area contributed by atoms with Gasteiger partial charge in [-0.05, 0) is 30.9 Å². The molecule has 1 saturated carbocycles. The van der Waals surface area contributed by atoms with Crippen LogP contribution < -0.4 is 5.32 Å². The van der Waals surface area contributed by atoms with Crippen LogP contribution in [-0.4, -0.2) is 11.0 Å². The lowest BCUT2D eigenvalue weighted by Crippen LogP contribution is -2.05. The van der Waals surface area contributed by atoms with Gasteiger partial charge in [0.2, 0.25) is 0 Å². The molecule has 0 aliphatic heterocycles. The lowest BCUT2D eigenvalue weighted by Gasteiger charge is -2.07. The molecule has 0 radical (unpaired) electrons. The standard InChI is InChI=1S/C11H16N2/c1-3-9-6-11(9)13-10-4-5-12-7-8(10)2/h4-5,7,9,11H,3,6H2,1-2H3,(H,12,13). The van der Waals surface area contributed by atoms with Crippen LogP contribution in [0.5, 0.6) is 0 Å². The van der Waals surface area contributed by atoms with Crippen molar-refractivity contribution in [1.29, 1.82) is 0 Å². The fourth-order valence-electron chi connectivity index (χ4n) is 1.71. The molecule has 0 bridgehead atoms. The molecule has 1 fully saturated rings. The molecule has 1 heterocycles. The Kier molecular flexibility index (Phi) is 2.21. The first kappa shape index (κ1) is 8.54. The van der Waals surface area contributed by atoms with E-state index in [-0.39, 0.29) is 0 Å². The van der Waals surface area contributed by atoms with Crippen molar-refractivity contribution in [2.24, 2.45) is 5.92 Å². The normalized spacial score (nSPS) is 25.7. The molecular formula is C11H16N2. The topological polar surface area (TPSA) is 24.9 Å². The summed E-state index contributed by atoms with van der Waals surface area (Å²) in [5.41, 5.74) is 2.49. The van der Waals surface area contributed by atoms with Crippen LogP contribution >= 0.6 is 0 Å². The quantitative estimate of drug-likeness (QED) is 0.765. The molecule has 1 aromatic heterocycles. The molecule has 2 atom stereocenters. The van der Waals surface area contributed by atoms with Crippen molar-refractivity contribution < 1.29 is 0 Å². The number of rotatable bonds is 3. The zero-order chi connectivity index (χ0) is 9.26. The average molecular weight is 176 g/mol. The Morgan fingerprint density at radius 2 is 2.46 bits per heavy atom. The SMILES string of the molecule is CCC1CC1Nc1ccncc1C. The van der Waals surface area contributed by atoms with E-state index in [1.54, 1.807) is 0 Å². The molecule has 2 heteroatoms. The van der Waals surface area contributed by atoms with E-state index < -0.39 is 0 Å². The minimum absolute atomic E-state index is 0.714. The van der Waals surface area contributed by atoms with Gasteiger partial charge >= 0.3 is 0 Å². The fourth-order valence-corrected chi connectivity index (χ4v) is 1.71. The third-order valence-corrected chi connectivity index (χ3v) is 2.81. The number of hydrogen-bond donors (Lipinski definition) is 1. The predicted molar refractivity (Wildman–Crippen MR) is 54.8 cm³/mol. The van der Waals surface area contributed by atoms with E-state index in [1.807, 2.05) is 12.4 Å². The molecule has 2 rings (SSSR count). The second-order valence-electron chi connectivity index (χ2n) is 3.85. The van der Waals surface area contributed by atoms with E-state index in [2.05, 4.69) is 30.2 Å². The van der Waals surface area contributed by atoms with Gasteiger partial charge in [-0.1, -0.05) is 13.3 Å². The maximum Gasteiger partial charge on any atom is 0.0403 e. The van der Waals surface area contributed by atoms with E-state index in [4.69, 9.17) is 0 Å². The minimum atomic E-state index is 0.714. The van der Waals surface area contributed by atoms with Crippen molar-refractivity contribution in [3.8, 4) is 0 Å². The highest BCUT2D eigenvalue weighted by Gasteiger charge is 2.35. The molecule has 1 aliphatic carbocycles. The molecule has 0 amide bonds. The summed E-state index contributed by atoms with van der Waals surface area (Å²) in [5.74, 6) is 0.896. The smallest absolute Gasteiger partial charge is 0.0403 e. The largest absolute Gasteiger partial charge is 0.382 e. The van der Waals surface area contributed by atoms with Gasteiger partial charge in [0, 0.05) is 24.1 Å². The van der Waals surface area contributed by atoms with Crippen LogP contribution in [0, 0.1) is 12.8 Å². The van der Waals surface area contributed by atoms with Crippen molar-refractivity contribution in [2.75, 3.05) is 5.32 Å². The van der Waals surface area contributed by atoms with E-state index >= 15 is 0 Å². The molecule has 0 spiro atoms. The highest BCUT2D eigenvalue weighted by Crippen LogP contribution is 2.36. The van der Waals surface area contributed by atoms with Gasteiger partial charge < -0.3 is 5.32 Å². The highest BCUT2D eigenvalue weighted by atomic mass is 15.0. The lowest BCUT2D eigenvalue weighted by molar-refractivity contribution is 0.774. The first-order valence-electron chi connectivity index (χ1n) is 4.98. The Balaban J connectivity index is 1.99. The van der Waals surface area contributed by atoms with E-state index in [1.165, 1.54) is 24.1 Å². The summed E-state index contributed by atoms with van der Waals surface area (Å²) in [6.45, 7) is 4.35. The van der Waals surface area contributed by atoms with Crippen LogP contribution in [0.25, 0.3) is 0 Å². The van der Waals surface area contributed by atoms with Gasteiger partial charge in [-0.3, -0.25) is 4.98 Å². The first-order valence-corrected chi connectivity index (χ1v) is 4.98. The molecule has 0 aromatic carbocycles. The predicted octanol–water partition coefficient (Wildman–Crippen LogP) is 2.60. The van der Waals surface area contributed by atoms with Crippen molar-refractivity contribution in [3.05, 3.63) is 24.0 Å². The summed E-state index contributed by atoms with van der Waals surface area (Å²) in [6, 6.07) is 2.77. The molecule has 1 aromatic rings. The zero-order valence-electron chi connectivity index (χ0n) is 8.25. The summed E-state index contributed by atoms with van der Waals surface area (Å²) in [4.78, 5) is 4.07. The fraction of sp³-hybridized carbons (Fsp3) is 0.545. The molecule has 70 valence electrons. The number of aromatic nitrogens is 1. The van der Waals surface area contributed by atoms with Crippen LogP contribution in [0.1, 0.15) is 25.3 Å². The molecule has 13 heavy (non-hydrogen) atoms. The third kappa shape index (κ3) is 1.82. The molecule has 1 aliphatic rings. The Bertz CT molecular complexity index is 296. The van der Waals surface area contributed by atoms with Gasteiger partial charge in [-0.2, -0.15) is 0 Å². The second kappa shape index (κ2) is 3.36. The summed E-state index contributed by atoms with van der Waals surface area (Å²) in [7, 11) is 0. The summed E-state index contributed by atoms with van der Waals surface area (Å²) in [6.07, 6.45) is 6.38. The van der Waals surface area contributed by atoms with Gasteiger partial charge in [0.05, 0.1) is 0 Å². The summed E-state index contributed by atoms with van der Waals surface area (Å²) < 4.78 is 0. The van der Waals surface area contributed by atoms with Gasteiger partial charge in [0.15, 0.2) is 0 Å². The van der Waals surface area contributed by atoms with E-state index in [0.717, 1.165) is 5.92 Å². The van der Waals surface area contributed by atoms with E-state index in [0.29, 0.717) is 6.04 Å². The van der Waals surface area contributed by atoms with E-state index in [9.17, 15) is 0 Å². The van der Waals surface area contributed by atoms with Crippen molar-refractivity contribution in [2.45, 2.75) is 32.7 Å². The zero-order valence-corrected chi connectivity index (χ0v) is 8.25. The number of nitrogens with zero attached hydrogens (tertiary/aromatic N) is 1. The van der Waals surface area contributed by atoms with Gasteiger partial charge in [0.25, 0.3) is 0 Å². The Labute approximate surface area is 79.4 Å². The molecule has 0 saturated heterocycles. The van der Waals surface area contributed by atoms with Gasteiger partial charge in [-0.25, -0.2) is 0 Å². The Morgan fingerprint density at radius 1 is 1.62 bits per heavy atom. The average Bonchev–Trinajstić information content (AvgIpc) is 2.88. The third-order valence-electron chi connectivity index (χ3n) is 2.81. The maximum absolute atomic E-state index is 4.07. The van der Waals surface area contributed by atoms with Crippen LogP contribution in [0.4, 0.5) is 5.69 Å². The van der Waals surface area contributed by atoms with Crippen molar-refractivity contribution >= 4 is 5.69 Å². The van der Waals surface area contributed by atoms with Crippen molar-refractivity contribution in [3.63, 3.8) is 0 Å². The first-order chi connectivity index (χ1) is 6.31. The molecule has 2 unspecified atom stereocenters. The lowest BCUT2D eigenvalue weighted by atomic mass is 10.2. The number of pyridine rings is 1. The Morgan fingerprint density at radius 3 is 3.08 bits per heavy atom.